The average Bonchev–Trinajstić information content (AvgIpc) is 2.53. The van der Waals surface area contributed by atoms with E-state index < -0.39 is 0 Å². The molecule has 0 aliphatic rings. The summed E-state index contributed by atoms with van der Waals surface area (Å²) in [4.78, 5) is 17.2. The van der Waals surface area contributed by atoms with E-state index in [-0.39, 0.29) is 6.03 Å². The second-order valence-corrected chi connectivity index (χ2v) is 5.68. The minimum absolute atomic E-state index is 0.169. The van der Waals surface area contributed by atoms with Crippen molar-refractivity contribution in [1.82, 2.24) is 9.88 Å². The van der Waals surface area contributed by atoms with Crippen molar-refractivity contribution >= 4 is 23.3 Å². The molecule has 0 unspecified atom stereocenters. The third-order valence-electron chi connectivity index (χ3n) is 3.16. The predicted octanol–water partition coefficient (Wildman–Crippen LogP) is 3.84. The number of hydrogen-bond donors (Lipinski definition) is 1. The number of nitrogens with zero attached hydrogens (tertiary/aromatic N) is 2. The van der Waals surface area contributed by atoms with Crippen molar-refractivity contribution in [3.63, 3.8) is 0 Å². The average molecular weight is 334 g/mol. The van der Waals surface area contributed by atoms with Crippen molar-refractivity contribution in [2.45, 2.75) is 12.8 Å². The first kappa shape index (κ1) is 17.1. The predicted molar refractivity (Wildman–Crippen MR) is 92.2 cm³/mol. The van der Waals surface area contributed by atoms with E-state index in [4.69, 9.17) is 16.3 Å². The monoisotopic (exact) mass is 333 g/mol. The number of anilines is 1. The Balaban J connectivity index is 1.79. The van der Waals surface area contributed by atoms with Crippen LogP contribution >= 0.6 is 11.6 Å². The Morgan fingerprint density at radius 2 is 2.13 bits per heavy atom. The molecule has 0 fully saturated rings. The van der Waals surface area contributed by atoms with Crippen molar-refractivity contribution in [3.8, 4) is 5.75 Å². The number of nitrogens with one attached hydrogen (secondary N) is 1. The number of aryl methyl sites for hydroxylation is 1. The summed E-state index contributed by atoms with van der Waals surface area (Å²) >= 11 is 5.75. The lowest BCUT2D eigenvalue weighted by Gasteiger charge is -2.13. The molecule has 0 aliphatic carbocycles. The first-order valence-corrected chi connectivity index (χ1v) is 7.74. The zero-order valence-electron chi connectivity index (χ0n) is 13.3. The summed E-state index contributed by atoms with van der Waals surface area (Å²) in [6.45, 7) is 0.591. The van der Waals surface area contributed by atoms with Crippen molar-refractivity contribution in [2.24, 2.45) is 0 Å². The maximum atomic E-state index is 11.6. The molecule has 23 heavy (non-hydrogen) atoms. The highest BCUT2D eigenvalue weighted by molar-refractivity contribution is 6.29. The molecule has 2 aromatic rings. The first-order chi connectivity index (χ1) is 11.0. The summed E-state index contributed by atoms with van der Waals surface area (Å²) in [6, 6.07) is 10.9. The van der Waals surface area contributed by atoms with Gasteiger partial charge in [-0.3, -0.25) is 0 Å². The summed E-state index contributed by atoms with van der Waals surface area (Å²) in [5.41, 5.74) is 1.84. The van der Waals surface area contributed by atoms with E-state index >= 15 is 0 Å². The van der Waals surface area contributed by atoms with Crippen LogP contribution in [0.2, 0.25) is 5.15 Å². The number of hydrogen-bond acceptors (Lipinski definition) is 3. The molecule has 1 heterocycles. The van der Waals surface area contributed by atoms with Gasteiger partial charge in [0, 0.05) is 32.0 Å². The molecule has 5 nitrogen and oxygen atoms in total. The van der Waals surface area contributed by atoms with Crippen LogP contribution in [0.4, 0.5) is 10.5 Å². The molecule has 6 heteroatoms. The van der Waals surface area contributed by atoms with Gasteiger partial charge in [-0.25, -0.2) is 9.78 Å². The Morgan fingerprint density at radius 3 is 2.83 bits per heavy atom. The van der Waals surface area contributed by atoms with Gasteiger partial charge < -0.3 is 15.0 Å². The van der Waals surface area contributed by atoms with Crippen LogP contribution in [0.3, 0.4) is 0 Å². The summed E-state index contributed by atoms with van der Waals surface area (Å²) in [6.07, 6.45) is 3.53. The van der Waals surface area contributed by atoms with Gasteiger partial charge in [-0.2, -0.15) is 0 Å². The number of carbonyl (C=O) groups is 1. The second kappa shape index (κ2) is 8.39. The molecule has 2 rings (SSSR count). The Labute approximate surface area is 141 Å². The van der Waals surface area contributed by atoms with Crippen molar-refractivity contribution in [3.05, 3.63) is 53.3 Å². The maximum Gasteiger partial charge on any atom is 0.321 e. The number of pyridine rings is 1. The van der Waals surface area contributed by atoms with Gasteiger partial charge in [-0.1, -0.05) is 23.7 Å². The van der Waals surface area contributed by atoms with E-state index in [0.717, 1.165) is 24.2 Å². The van der Waals surface area contributed by atoms with Crippen LogP contribution in [0.5, 0.6) is 5.75 Å². The number of rotatable bonds is 6. The number of amides is 2. The summed E-state index contributed by atoms with van der Waals surface area (Å²) in [7, 11) is 3.39. The molecule has 0 bridgehead atoms. The fraction of sp³-hybridized carbons (Fsp3) is 0.294. The number of carbonyl (C=O) groups excluding carboxylic acids is 1. The molecule has 0 atom stereocenters. The number of halogens is 1. The maximum absolute atomic E-state index is 11.6. The lowest BCUT2D eigenvalue weighted by atomic mass is 10.2. The molecule has 0 spiro atoms. The van der Waals surface area contributed by atoms with Gasteiger partial charge in [0.25, 0.3) is 0 Å². The zero-order chi connectivity index (χ0) is 16.7. The van der Waals surface area contributed by atoms with Crippen LogP contribution in [0.25, 0.3) is 0 Å². The van der Waals surface area contributed by atoms with Gasteiger partial charge in [0.1, 0.15) is 10.9 Å². The minimum atomic E-state index is -0.169. The molecular formula is C17H20ClN3O2. The third-order valence-corrected chi connectivity index (χ3v) is 3.38. The highest BCUT2D eigenvalue weighted by atomic mass is 35.5. The van der Waals surface area contributed by atoms with Crippen molar-refractivity contribution in [1.29, 1.82) is 0 Å². The SMILES string of the molecule is CN(C)C(=O)Nc1cccc(OCCCc2ccc(Cl)nc2)c1. The summed E-state index contributed by atoms with van der Waals surface area (Å²) in [5.74, 6) is 0.732. The Kier molecular flexibility index (Phi) is 6.23. The molecule has 0 aliphatic heterocycles. The first-order valence-electron chi connectivity index (χ1n) is 7.36. The van der Waals surface area contributed by atoms with E-state index in [2.05, 4.69) is 10.3 Å². The summed E-state index contributed by atoms with van der Waals surface area (Å²) < 4.78 is 5.72. The quantitative estimate of drug-likeness (QED) is 0.645. The van der Waals surface area contributed by atoms with E-state index in [1.54, 1.807) is 26.4 Å². The van der Waals surface area contributed by atoms with Crippen LogP contribution in [-0.4, -0.2) is 36.6 Å². The molecule has 0 radical (unpaired) electrons. The second-order valence-electron chi connectivity index (χ2n) is 5.29. The Hall–Kier alpha value is -2.27. The molecule has 0 saturated heterocycles. The normalized spacial score (nSPS) is 10.2. The largest absolute Gasteiger partial charge is 0.494 e. The molecule has 2 amide bonds. The van der Waals surface area contributed by atoms with Crippen molar-refractivity contribution in [2.75, 3.05) is 26.0 Å². The fourth-order valence-corrected chi connectivity index (χ4v) is 2.03. The molecule has 1 aromatic heterocycles. The Morgan fingerprint density at radius 1 is 1.30 bits per heavy atom. The number of benzene rings is 1. The summed E-state index contributed by atoms with van der Waals surface area (Å²) in [5, 5.41) is 3.29. The fourth-order valence-electron chi connectivity index (χ4n) is 1.92. The van der Waals surface area contributed by atoms with E-state index in [9.17, 15) is 4.79 Å². The van der Waals surface area contributed by atoms with Gasteiger partial charge in [0.2, 0.25) is 0 Å². The van der Waals surface area contributed by atoms with Crippen LogP contribution in [0, 0.1) is 0 Å². The zero-order valence-corrected chi connectivity index (χ0v) is 14.0. The third kappa shape index (κ3) is 5.79. The molecule has 0 saturated carbocycles. The lowest BCUT2D eigenvalue weighted by Crippen LogP contribution is -2.27. The molecular weight excluding hydrogens is 314 g/mol. The smallest absolute Gasteiger partial charge is 0.321 e. The van der Waals surface area contributed by atoms with E-state index in [0.29, 0.717) is 17.4 Å². The van der Waals surface area contributed by atoms with Crippen LogP contribution in [-0.2, 0) is 6.42 Å². The van der Waals surface area contributed by atoms with E-state index in [1.807, 2.05) is 30.3 Å². The van der Waals surface area contributed by atoms with Crippen LogP contribution < -0.4 is 10.1 Å². The molecule has 1 aromatic carbocycles. The number of urea groups is 1. The number of ether oxygens (including phenoxy) is 1. The molecule has 1 N–H and O–H groups in total. The topological polar surface area (TPSA) is 54.5 Å². The van der Waals surface area contributed by atoms with Crippen LogP contribution in [0.1, 0.15) is 12.0 Å². The highest BCUT2D eigenvalue weighted by Gasteiger charge is 2.04. The van der Waals surface area contributed by atoms with E-state index in [1.165, 1.54) is 4.90 Å². The lowest BCUT2D eigenvalue weighted by molar-refractivity contribution is 0.230. The van der Waals surface area contributed by atoms with Gasteiger partial charge >= 0.3 is 6.03 Å². The highest BCUT2D eigenvalue weighted by Crippen LogP contribution is 2.18. The van der Waals surface area contributed by atoms with Gasteiger partial charge in [0.05, 0.1) is 6.61 Å². The van der Waals surface area contributed by atoms with Crippen LogP contribution in [0.15, 0.2) is 42.6 Å². The van der Waals surface area contributed by atoms with Gasteiger partial charge in [0.15, 0.2) is 0 Å². The molecule has 122 valence electrons. The van der Waals surface area contributed by atoms with Crippen molar-refractivity contribution < 1.29 is 9.53 Å². The van der Waals surface area contributed by atoms with Gasteiger partial charge in [-0.15, -0.1) is 0 Å². The Bertz CT molecular complexity index is 645. The standard InChI is InChI=1S/C17H20ClN3O2/c1-21(2)17(22)20-14-6-3-7-15(11-14)23-10-4-5-13-8-9-16(18)19-12-13/h3,6-9,11-12H,4-5,10H2,1-2H3,(H,20,22). The van der Waals surface area contributed by atoms with Gasteiger partial charge in [-0.05, 0) is 36.6 Å². The number of aromatic nitrogens is 1. The minimum Gasteiger partial charge on any atom is -0.494 e.